The van der Waals surface area contributed by atoms with Crippen molar-refractivity contribution >= 4 is 17.3 Å². The summed E-state index contributed by atoms with van der Waals surface area (Å²) in [4.78, 5) is 13.8. The van der Waals surface area contributed by atoms with E-state index >= 15 is 0 Å². The minimum atomic E-state index is -0.499. The first-order chi connectivity index (χ1) is 7.16. The third-order valence-electron chi connectivity index (χ3n) is 1.71. The molecule has 0 N–H and O–H groups in total. The quantitative estimate of drug-likeness (QED) is 0.578. The molecule has 1 aromatic heterocycles. The van der Waals surface area contributed by atoms with Gasteiger partial charge in [-0.2, -0.15) is 4.98 Å². The van der Waals surface area contributed by atoms with E-state index in [0.717, 1.165) is 0 Å². The first kappa shape index (κ1) is 9.60. The molecule has 0 bridgehead atoms. The Hall–Kier alpha value is -1.95. The fourth-order valence-electron chi connectivity index (χ4n) is 1.08. The molecule has 0 atom stereocenters. The minimum Gasteiger partial charge on any atom is -0.333 e. The summed E-state index contributed by atoms with van der Waals surface area (Å²) in [7, 11) is 0. The van der Waals surface area contributed by atoms with E-state index in [2.05, 4.69) is 10.1 Å². The summed E-state index contributed by atoms with van der Waals surface area (Å²) in [5.74, 6) is 0.156. The lowest BCUT2D eigenvalue weighted by Gasteiger charge is -1.93. The van der Waals surface area contributed by atoms with Crippen LogP contribution >= 0.6 is 11.6 Å². The molecule has 0 saturated heterocycles. The number of halogens is 1. The molecule has 76 valence electrons. The molecule has 7 heteroatoms. The molecule has 6 nitrogen and oxygen atoms in total. The van der Waals surface area contributed by atoms with Gasteiger partial charge in [0.05, 0.1) is 4.92 Å². The van der Waals surface area contributed by atoms with Crippen LogP contribution in [0.15, 0.2) is 28.8 Å². The molecule has 0 radical (unpaired) electrons. The molecular weight excluding hydrogens is 222 g/mol. The van der Waals surface area contributed by atoms with Gasteiger partial charge in [-0.1, -0.05) is 6.07 Å². The van der Waals surface area contributed by atoms with Crippen LogP contribution in [0, 0.1) is 10.1 Å². The number of rotatable bonds is 2. The number of non-ortho nitro benzene ring substituents is 1. The van der Waals surface area contributed by atoms with Crippen molar-refractivity contribution in [1.29, 1.82) is 0 Å². The summed E-state index contributed by atoms with van der Waals surface area (Å²) in [6.45, 7) is 0. The molecule has 0 unspecified atom stereocenters. The first-order valence-corrected chi connectivity index (χ1v) is 4.28. The zero-order chi connectivity index (χ0) is 10.8. The third kappa shape index (κ3) is 1.94. The van der Waals surface area contributed by atoms with E-state index < -0.39 is 4.92 Å². The Morgan fingerprint density at radius 1 is 1.47 bits per heavy atom. The normalized spacial score (nSPS) is 10.2. The summed E-state index contributed by atoms with van der Waals surface area (Å²) >= 11 is 5.46. The molecule has 2 aromatic rings. The SMILES string of the molecule is O=[N+]([O-])c1cccc(-c2nc(Cl)no2)c1. The predicted molar refractivity (Wildman–Crippen MR) is 51.4 cm³/mol. The Morgan fingerprint density at radius 2 is 2.27 bits per heavy atom. The average Bonchev–Trinajstić information content (AvgIpc) is 2.65. The van der Waals surface area contributed by atoms with Crippen molar-refractivity contribution in [2.24, 2.45) is 0 Å². The van der Waals surface area contributed by atoms with Gasteiger partial charge < -0.3 is 4.52 Å². The lowest BCUT2D eigenvalue weighted by molar-refractivity contribution is -0.384. The van der Waals surface area contributed by atoms with Crippen molar-refractivity contribution in [2.75, 3.05) is 0 Å². The summed E-state index contributed by atoms with van der Waals surface area (Å²) in [5.41, 5.74) is 0.422. The highest BCUT2D eigenvalue weighted by atomic mass is 35.5. The van der Waals surface area contributed by atoms with Crippen molar-refractivity contribution in [3.8, 4) is 11.5 Å². The van der Waals surface area contributed by atoms with Crippen LogP contribution in [0.2, 0.25) is 5.28 Å². The Balaban J connectivity index is 2.45. The molecule has 0 aliphatic heterocycles. The van der Waals surface area contributed by atoms with Crippen molar-refractivity contribution in [3.63, 3.8) is 0 Å². The molecule has 0 fully saturated rings. The monoisotopic (exact) mass is 225 g/mol. The zero-order valence-corrected chi connectivity index (χ0v) is 8.01. The van der Waals surface area contributed by atoms with Crippen molar-refractivity contribution in [2.45, 2.75) is 0 Å². The fourth-order valence-corrected chi connectivity index (χ4v) is 1.19. The van der Waals surface area contributed by atoms with E-state index in [1.54, 1.807) is 6.07 Å². The number of nitrogens with zero attached hydrogens (tertiary/aromatic N) is 3. The lowest BCUT2D eigenvalue weighted by Crippen LogP contribution is -1.87. The standard InChI is InChI=1S/C8H4ClN3O3/c9-8-10-7(15-11-8)5-2-1-3-6(4-5)12(13)14/h1-4H. The molecule has 2 rings (SSSR count). The molecule has 0 amide bonds. The van der Waals surface area contributed by atoms with E-state index in [9.17, 15) is 10.1 Å². The van der Waals surface area contributed by atoms with Crippen LogP contribution in [0.25, 0.3) is 11.5 Å². The van der Waals surface area contributed by atoms with Gasteiger partial charge in [0.15, 0.2) is 0 Å². The van der Waals surface area contributed by atoms with Gasteiger partial charge in [-0.05, 0) is 22.8 Å². The van der Waals surface area contributed by atoms with Crippen LogP contribution in [-0.2, 0) is 0 Å². The number of hydrogen-bond acceptors (Lipinski definition) is 5. The topological polar surface area (TPSA) is 82.1 Å². The number of nitro groups is 1. The predicted octanol–water partition coefficient (Wildman–Crippen LogP) is 2.30. The lowest BCUT2D eigenvalue weighted by atomic mass is 10.2. The molecule has 0 aliphatic rings. The second kappa shape index (κ2) is 3.66. The highest BCUT2D eigenvalue weighted by Gasteiger charge is 2.11. The van der Waals surface area contributed by atoms with Gasteiger partial charge in [0.25, 0.3) is 16.9 Å². The molecule has 1 aromatic carbocycles. The smallest absolute Gasteiger partial charge is 0.270 e. The summed E-state index contributed by atoms with van der Waals surface area (Å²) in [6, 6.07) is 5.87. The maximum atomic E-state index is 10.5. The molecule has 1 heterocycles. The summed E-state index contributed by atoms with van der Waals surface area (Å²) < 4.78 is 4.77. The van der Waals surface area contributed by atoms with E-state index in [4.69, 9.17) is 16.1 Å². The maximum absolute atomic E-state index is 10.5. The van der Waals surface area contributed by atoms with E-state index in [1.807, 2.05) is 0 Å². The Labute approximate surface area is 88.6 Å². The van der Waals surface area contributed by atoms with Crippen molar-refractivity contribution in [3.05, 3.63) is 39.7 Å². The maximum Gasteiger partial charge on any atom is 0.270 e. The number of nitro benzene ring substituents is 1. The zero-order valence-electron chi connectivity index (χ0n) is 7.25. The van der Waals surface area contributed by atoms with Gasteiger partial charge >= 0.3 is 0 Å². The molecule has 15 heavy (non-hydrogen) atoms. The van der Waals surface area contributed by atoms with Gasteiger partial charge in [0.1, 0.15) is 0 Å². The van der Waals surface area contributed by atoms with E-state index in [0.29, 0.717) is 5.56 Å². The van der Waals surface area contributed by atoms with E-state index in [1.165, 1.54) is 18.2 Å². The molecule has 0 saturated carbocycles. The van der Waals surface area contributed by atoms with Crippen LogP contribution in [0.5, 0.6) is 0 Å². The molecule has 0 spiro atoms. The molecule has 0 aliphatic carbocycles. The highest BCUT2D eigenvalue weighted by molar-refractivity contribution is 6.28. The van der Waals surface area contributed by atoms with Gasteiger partial charge in [0.2, 0.25) is 0 Å². The summed E-state index contributed by atoms with van der Waals surface area (Å²) in [5, 5.41) is 13.8. The van der Waals surface area contributed by atoms with Crippen molar-refractivity contribution in [1.82, 2.24) is 10.1 Å². The van der Waals surface area contributed by atoms with Crippen LogP contribution in [0.3, 0.4) is 0 Å². The summed E-state index contributed by atoms with van der Waals surface area (Å²) in [6.07, 6.45) is 0. The van der Waals surface area contributed by atoms with Gasteiger partial charge in [-0.25, -0.2) is 0 Å². The Morgan fingerprint density at radius 3 is 2.87 bits per heavy atom. The van der Waals surface area contributed by atoms with Crippen LogP contribution in [0.1, 0.15) is 0 Å². The van der Waals surface area contributed by atoms with Gasteiger partial charge in [-0.15, -0.1) is 0 Å². The van der Waals surface area contributed by atoms with E-state index in [-0.39, 0.29) is 16.9 Å². The Bertz CT molecular complexity index is 511. The van der Waals surface area contributed by atoms with Crippen LogP contribution < -0.4 is 0 Å². The first-order valence-electron chi connectivity index (χ1n) is 3.91. The van der Waals surface area contributed by atoms with Gasteiger partial charge in [0, 0.05) is 17.7 Å². The van der Waals surface area contributed by atoms with Crippen LogP contribution in [-0.4, -0.2) is 15.1 Å². The Kier molecular flexibility index (Phi) is 2.34. The largest absolute Gasteiger partial charge is 0.333 e. The number of hydrogen-bond donors (Lipinski definition) is 0. The van der Waals surface area contributed by atoms with Gasteiger partial charge in [-0.3, -0.25) is 10.1 Å². The average molecular weight is 226 g/mol. The fraction of sp³-hybridized carbons (Fsp3) is 0. The molecular formula is C8H4ClN3O3. The van der Waals surface area contributed by atoms with Crippen molar-refractivity contribution < 1.29 is 9.45 Å². The number of aromatic nitrogens is 2. The van der Waals surface area contributed by atoms with Crippen LogP contribution in [0.4, 0.5) is 5.69 Å². The minimum absolute atomic E-state index is 0.0310. The second-order valence-electron chi connectivity index (χ2n) is 2.68. The number of benzene rings is 1. The second-order valence-corrected chi connectivity index (χ2v) is 3.01. The third-order valence-corrected chi connectivity index (χ3v) is 1.86. The highest BCUT2D eigenvalue weighted by Crippen LogP contribution is 2.22.